The molecule has 4 heteroatoms. The smallest absolute Gasteiger partial charge is 0.249 e. The predicted molar refractivity (Wildman–Crippen MR) is 167 cm³/mol. The molecule has 0 amide bonds. The molecule has 0 fully saturated rings. The van der Waals surface area contributed by atoms with E-state index in [1.165, 1.54) is 49.2 Å². The zero-order valence-electron chi connectivity index (χ0n) is 22.7. The van der Waals surface area contributed by atoms with Crippen molar-refractivity contribution in [3.8, 4) is 45.2 Å². The van der Waals surface area contributed by atoms with Gasteiger partial charge in [0, 0.05) is 18.0 Å². The summed E-state index contributed by atoms with van der Waals surface area (Å²) in [5, 5.41) is 16.1. The lowest BCUT2D eigenvalue weighted by Crippen LogP contribution is -1.92. The number of benzene rings is 6. The average Bonchev–Trinajstić information content (AvgIpc) is 3.51. The molecule has 8 aromatic rings. The second-order valence-corrected chi connectivity index (χ2v) is 10.7. The van der Waals surface area contributed by atoms with Gasteiger partial charge < -0.3 is 4.42 Å². The molecule has 0 unspecified atom stereocenters. The third-order valence-corrected chi connectivity index (χ3v) is 8.07. The van der Waals surface area contributed by atoms with Crippen LogP contribution in [0, 0.1) is 13.8 Å². The second-order valence-electron chi connectivity index (χ2n) is 10.7. The van der Waals surface area contributed by atoms with Crippen molar-refractivity contribution in [2.24, 2.45) is 0 Å². The zero-order chi connectivity index (χ0) is 27.5. The van der Waals surface area contributed by atoms with Gasteiger partial charge in [-0.15, -0.1) is 10.2 Å². The molecular formula is C37H25N3O. The highest BCUT2D eigenvalue weighted by atomic mass is 16.4. The molecule has 2 heterocycles. The van der Waals surface area contributed by atoms with Gasteiger partial charge >= 0.3 is 0 Å². The van der Waals surface area contributed by atoms with Crippen LogP contribution in [0.25, 0.3) is 77.5 Å². The van der Waals surface area contributed by atoms with E-state index in [0.29, 0.717) is 11.8 Å². The Kier molecular flexibility index (Phi) is 5.22. The number of hydrogen-bond acceptors (Lipinski definition) is 4. The number of pyridine rings is 1. The van der Waals surface area contributed by atoms with Crippen molar-refractivity contribution in [1.82, 2.24) is 15.2 Å². The Balaban J connectivity index is 1.46. The third kappa shape index (κ3) is 3.80. The Hall–Kier alpha value is -5.35. The molecule has 0 atom stereocenters. The van der Waals surface area contributed by atoms with Crippen molar-refractivity contribution in [1.29, 1.82) is 0 Å². The largest absolute Gasteiger partial charge is 0.416 e. The number of nitrogens with zero attached hydrogens (tertiary/aromatic N) is 3. The van der Waals surface area contributed by atoms with E-state index in [0.717, 1.165) is 27.6 Å². The minimum atomic E-state index is 0.456. The zero-order valence-corrected chi connectivity index (χ0v) is 22.7. The van der Waals surface area contributed by atoms with E-state index in [1.54, 1.807) is 12.4 Å². The van der Waals surface area contributed by atoms with Gasteiger partial charge in [-0.2, -0.15) is 0 Å². The molecule has 6 aromatic carbocycles. The maximum atomic E-state index is 6.30. The Morgan fingerprint density at radius 1 is 0.512 bits per heavy atom. The van der Waals surface area contributed by atoms with E-state index in [4.69, 9.17) is 4.42 Å². The van der Waals surface area contributed by atoms with E-state index in [2.05, 4.69) is 120 Å². The Morgan fingerprint density at radius 2 is 1.12 bits per heavy atom. The maximum Gasteiger partial charge on any atom is 0.249 e. The molecule has 2 aromatic heterocycles. The molecule has 0 aliphatic rings. The minimum absolute atomic E-state index is 0.456. The van der Waals surface area contributed by atoms with Crippen LogP contribution in [-0.2, 0) is 0 Å². The Bertz CT molecular complexity index is 2200. The highest BCUT2D eigenvalue weighted by molar-refractivity contribution is 6.29. The molecule has 0 saturated carbocycles. The first-order valence-corrected chi connectivity index (χ1v) is 13.8. The summed E-state index contributed by atoms with van der Waals surface area (Å²) in [7, 11) is 0. The predicted octanol–water partition coefficient (Wildman–Crippen LogP) is 9.65. The summed E-state index contributed by atoms with van der Waals surface area (Å²) < 4.78 is 6.30. The van der Waals surface area contributed by atoms with Crippen molar-refractivity contribution in [2.75, 3.05) is 0 Å². The van der Waals surface area contributed by atoms with Crippen molar-refractivity contribution >= 4 is 32.3 Å². The molecule has 194 valence electrons. The molecule has 4 nitrogen and oxygen atoms in total. The van der Waals surface area contributed by atoms with Gasteiger partial charge in [-0.3, -0.25) is 4.98 Å². The topological polar surface area (TPSA) is 51.8 Å². The Labute approximate surface area is 237 Å². The van der Waals surface area contributed by atoms with Crippen LogP contribution in [0.5, 0.6) is 0 Å². The van der Waals surface area contributed by atoms with Gasteiger partial charge in [-0.25, -0.2) is 0 Å². The number of rotatable bonds is 4. The molecule has 41 heavy (non-hydrogen) atoms. The lowest BCUT2D eigenvalue weighted by Gasteiger charge is -2.18. The van der Waals surface area contributed by atoms with Crippen LogP contribution < -0.4 is 0 Å². The molecule has 0 bridgehead atoms. The van der Waals surface area contributed by atoms with E-state index in [9.17, 15) is 0 Å². The normalized spacial score (nSPS) is 11.7. The second kappa shape index (κ2) is 9.10. The van der Waals surface area contributed by atoms with Gasteiger partial charge in [0.25, 0.3) is 0 Å². The summed E-state index contributed by atoms with van der Waals surface area (Å²) in [6.07, 6.45) is 3.48. The quantitative estimate of drug-likeness (QED) is 0.214. The summed E-state index contributed by atoms with van der Waals surface area (Å²) in [4.78, 5) is 4.22. The van der Waals surface area contributed by atoms with Crippen LogP contribution in [0.1, 0.15) is 11.1 Å². The minimum Gasteiger partial charge on any atom is -0.416 e. The highest BCUT2D eigenvalue weighted by Crippen LogP contribution is 2.45. The molecule has 0 aliphatic carbocycles. The van der Waals surface area contributed by atoms with Crippen LogP contribution in [0.3, 0.4) is 0 Å². The molecule has 0 aliphatic heterocycles. The van der Waals surface area contributed by atoms with Gasteiger partial charge in [0.05, 0.1) is 5.56 Å². The van der Waals surface area contributed by atoms with E-state index in [-0.39, 0.29) is 0 Å². The van der Waals surface area contributed by atoms with E-state index in [1.807, 2.05) is 12.1 Å². The summed E-state index contributed by atoms with van der Waals surface area (Å²) in [6, 6.07) is 36.9. The lowest BCUT2D eigenvalue weighted by atomic mass is 9.85. The van der Waals surface area contributed by atoms with Crippen molar-refractivity contribution < 1.29 is 4.42 Å². The van der Waals surface area contributed by atoms with Gasteiger partial charge in [-0.05, 0) is 86.6 Å². The molecule has 0 spiro atoms. The first kappa shape index (κ1) is 23.5. The summed E-state index contributed by atoms with van der Waals surface area (Å²) in [5.41, 5.74) is 8.94. The summed E-state index contributed by atoms with van der Waals surface area (Å²) in [5.74, 6) is 0.950. The van der Waals surface area contributed by atoms with Crippen LogP contribution in [0.2, 0.25) is 0 Å². The molecule has 0 radical (unpaired) electrons. The first-order chi connectivity index (χ1) is 20.1. The number of hydrogen-bond donors (Lipinski definition) is 0. The molecule has 0 N–H and O–H groups in total. The van der Waals surface area contributed by atoms with E-state index < -0.39 is 0 Å². The fourth-order valence-corrected chi connectivity index (χ4v) is 5.97. The fourth-order valence-electron chi connectivity index (χ4n) is 5.97. The third-order valence-electron chi connectivity index (χ3n) is 8.07. The van der Waals surface area contributed by atoms with Gasteiger partial charge in [0.2, 0.25) is 11.8 Å². The van der Waals surface area contributed by atoms with E-state index >= 15 is 0 Å². The lowest BCUT2D eigenvalue weighted by molar-refractivity contribution is 0.585. The van der Waals surface area contributed by atoms with Crippen molar-refractivity contribution in [2.45, 2.75) is 13.8 Å². The van der Waals surface area contributed by atoms with Gasteiger partial charge in [0.1, 0.15) is 0 Å². The fraction of sp³-hybridized carbons (Fsp3) is 0.0541. The van der Waals surface area contributed by atoms with Gasteiger partial charge in [0.15, 0.2) is 0 Å². The SMILES string of the molecule is Cc1ccc(-c2ccc3ccc4c(-c5ccc(C)cc5)cc(-c5nnc(-c6cccnc6)o5)c5ccc2c3c45)cc1. The van der Waals surface area contributed by atoms with Crippen molar-refractivity contribution in [3.05, 3.63) is 127 Å². The number of aryl methyl sites for hydroxylation is 2. The van der Waals surface area contributed by atoms with Crippen LogP contribution in [-0.4, -0.2) is 15.2 Å². The molecule has 0 saturated heterocycles. The Morgan fingerprint density at radius 3 is 1.83 bits per heavy atom. The van der Waals surface area contributed by atoms with Gasteiger partial charge in [-0.1, -0.05) is 96.1 Å². The summed E-state index contributed by atoms with van der Waals surface area (Å²) in [6.45, 7) is 4.24. The molecule has 8 rings (SSSR count). The number of aromatic nitrogens is 3. The standard InChI is InChI=1S/C37H25N3O/c1-22-5-9-24(10-6-22)28-15-13-26-14-16-30-32(25-11-7-23(2)8-12-25)20-33(31-18-17-29(28)34(26)35(30)31)37-40-39-36(41-37)27-4-3-19-38-21-27/h3-21H,1-2H3. The first-order valence-electron chi connectivity index (χ1n) is 13.8. The average molecular weight is 528 g/mol. The van der Waals surface area contributed by atoms with Crippen LogP contribution >= 0.6 is 0 Å². The summed E-state index contributed by atoms with van der Waals surface area (Å²) >= 11 is 0. The maximum absolute atomic E-state index is 6.30. The van der Waals surface area contributed by atoms with Crippen molar-refractivity contribution in [3.63, 3.8) is 0 Å². The van der Waals surface area contributed by atoms with Crippen LogP contribution in [0.4, 0.5) is 0 Å². The van der Waals surface area contributed by atoms with Crippen LogP contribution in [0.15, 0.2) is 120 Å². The monoisotopic (exact) mass is 527 g/mol. The molecular weight excluding hydrogens is 502 g/mol. The highest BCUT2D eigenvalue weighted by Gasteiger charge is 2.21.